The maximum atomic E-state index is 12.8. The molecule has 0 spiro atoms. The summed E-state index contributed by atoms with van der Waals surface area (Å²) in [5.74, 6) is -0.130. The minimum absolute atomic E-state index is 0.130. The SMILES string of the molecule is CCc1ccc(NC(=O)Cc2ccc(N(C)S(=O)(=O)c3ccc(Cl)cc3)cc2)cc1. The summed E-state index contributed by atoms with van der Waals surface area (Å²) >= 11 is 5.84. The zero-order valence-electron chi connectivity index (χ0n) is 16.8. The number of hydrogen-bond donors (Lipinski definition) is 1. The van der Waals surface area contributed by atoms with Gasteiger partial charge in [0.1, 0.15) is 0 Å². The first kappa shape index (κ1) is 21.9. The highest BCUT2D eigenvalue weighted by atomic mass is 35.5. The molecule has 0 aromatic heterocycles. The van der Waals surface area contributed by atoms with Crippen molar-refractivity contribution in [2.24, 2.45) is 0 Å². The van der Waals surface area contributed by atoms with Crippen LogP contribution in [0.3, 0.4) is 0 Å². The first-order valence-electron chi connectivity index (χ1n) is 9.52. The van der Waals surface area contributed by atoms with Crippen LogP contribution in [0.5, 0.6) is 0 Å². The van der Waals surface area contributed by atoms with Crippen LogP contribution in [0.2, 0.25) is 5.02 Å². The molecule has 0 atom stereocenters. The molecule has 0 saturated carbocycles. The Morgan fingerprint density at radius 1 is 0.900 bits per heavy atom. The lowest BCUT2D eigenvalue weighted by molar-refractivity contribution is -0.115. The molecule has 0 saturated heterocycles. The maximum Gasteiger partial charge on any atom is 0.264 e. The molecule has 0 unspecified atom stereocenters. The van der Waals surface area contributed by atoms with Crippen LogP contribution >= 0.6 is 11.6 Å². The summed E-state index contributed by atoms with van der Waals surface area (Å²) < 4.78 is 26.8. The molecule has 0 fully saturated rings. The van der Waals surface area contributed by atoms with Gasteiger partial charge < -0.3 is 5.32 Å². The van der Waals surface area contributed by atoms with Gasteiger partial charge in [0.05, 0.1) is 17.0 Å². The Morgan fingerprint density at radius 2 is 1.47 bits per heavy atom. The van der Waals surface area contributed by atoms with Crippen molar-refractivity contribution in [3.05, 3.63) is 88.9 Å². The molecular formula is C23H23ClN2O3S. The second-order valence-corrected chi connectivity index (χ2v) is 9.27. The van der Waals surface area contributed by atoms with Crippen molar-refractivity contribution in [3.63, 3.8) is 0 Å². The Labute approximate surface area is 182 Å². The summed E-state index contributed by atoms with van der Waals surface area (Å²) in [5, 5.41) is 3.35. The lowest BCUT2D eigenvalue weighted by atomic mass is 10.1. The first-order chi connectivity index (χ1) is 14.3. The summed E-state index contributed by atoms with van der Waals surface area (Å²) in [5.41, 5.74) is 3.26. The van der Waals surface area contributed by atoms with E-state index in [0.717, 1.165) is 17.7 Å². The Kier molecular flexibility index (Phi) is 6.80. The number of aryl methyl sites for hydroxylation is 1. The van der Waals surface area contributed by atoms with E-state index < -0.39 is 10.0 Å². The summed E-state index contributed by atoms with van der Waals surface area (Å²) in [6.45, 7) is 2.08. The van der Waals surface area contributed by atoms with Gasteiger partial charge in [-0.3, -0.25) is 9.10 Å². The number of halogens is 1. The summed E-state index contributed by atoms with van der Waals surface area (Å²) in [7, 11) is -2.20. The van der Waals surface area contributed by atoms with Crippen LogP contribution in [0.15, 0.2) is 77.7 Å². The maximum absolute atomic E-state index is 12.8. The van der Waals surface area contributed by atoms with Crippen LogP contribution in [0.25, 0.3) is 0 Å². The molecule has 3 rings (SSSR count). The third kappa shape index (κ3) is 5.20. The van der Waals surface area contributed by atoms with Crippen LogP contribution < -0.4 is 9.62 Å². The Bertz CT molecular complexity index is 1110. The standard InChI is InChI=1S/C23H23ClN2O3S/c1-3-17-4-10-20(11-5-17)25-23(27)16-18-6-12-21(13-7-18)26(2)30(28,29)22-14-8-19(24)9-15-22/h4-15H,3,16H2,1-2H3,(H,25,27). The molecule has 0 heterocycles. The zero-order valence-corrected chi connectivity index (χ0v) is 18.4. The lowest BCUT2D eigenvalue weighted by Crippen LogP contribution is -2.26. The van der Waals surface area contributed by atoms with Gasteiger partial charge in [-0.2, -0.15) is 0 Å². The molecule has 3 aromatic carbocycles. The van der Waals surface area contributed by atoms with Crippen molar-refractivity contribution in [1.29, 1.82) is 0 Å². The van der Waals surface area contributed by atoms with E-state index in [1.807, 2.05) is 24.3 Å². The molecule has 0 aliphatic heterocycles. The average molecular weight is 443 g/mol. The number of hydrogen-bond acceptors (Lipinski definition) is 3. The highest BCUT2D eigenvalue weighted by Gasteiger charge is 2.21. The van der Waals surface area contributed by atoms with Crippen LogP contribution in [0.4, 0.5) is 11.4 Å². The van der Waals surface area contributed by atoms with Gasteiger partial charge >= 0.3 is 0 Å². The molecule has 3 aromatic rings. The molecule has 0 bridgehead atoms. The Balaban J connectivity index is 1.66. The molecular weight excluding hydrogens is 420 g/mol. The van der Waals surface area contributed by atoms with Crippen molar-refractivity contribution in [1.82, 2.24) is 0 Å². The fraction of sp³-hybridized carbons (Fsp3) is 0.174. The van der Waals surface area contributed by atoms with E-state index in [1.54, 1.807) is 36.4 Å². The molecule has 1 amide bonds. The number of nitrogens with zero attached hydrogens (tertiary/aromatic N) is 1. The van der Waals surface area contributed by atoms with Gasteiger partial charge in [-0.05, 0) is 66.1 Å². The Morgan fingerprint density at radius 3 is 2.03 bits per heavy atom. The number of benzene rings is 3. The van der Waals surface area contributed by atoms with Crippen LogP contribution in [-0.2, 0) is 27.7 Å². The van der Waals surface area contributed by atoms with E-state index in [1.165, 1.54) is 29.0 Å². The second kappa shape index (κ2) is 9.32. The van der Waals surface area contributed by atoms with Crippen LogP contribution in [0, 0.1) is 0 Å². The van der Waals surface area contributed by atoms with Crippen molar-refractivity contribution in [2.45, 2.75) is 24.7 Å². The van der Waals surface area contributed by atoms with Crippen molar-refractivity contribution in [2.75, 3.05) is 16.7 Å². The predicted octanol–water partition coefficient (Wildman–Crippen LogP) is 4.91. The minimum Gasteiger partial charge on any atom is -0.326 e. The Hall–Kier alpha value is -2.83. The van der Waals surface area contributed by atoms with Crippen molar-refractivity contribution in [3.8, 4) is 0 Å². The molecule has 30 heavy (non-hydrogen) atoms. The van der Waals surface area contributed by atoms with E-state index in [0.29, 0.717) is 10.7 Å². The molecule has 0 aliphatic rings. The number of nitrogens with one attached hydrogen (secondary N) is 1. The van der Waals surface area contributed by atoms with Gasteiger partial charge in [-0.1, -0.05) is 42.8 Å². The van der Waals surface area contributed by atoms with Gasteiger partial charge in [-0.15, -0.1) is 0 Å². The summed E-state index contributed by atoms with van der Waals surface area (Å²) in [6, 6.07) is 20.7. The average Bonchev–Trinajstić information content (AvgIpc) is 2.74. The van der Waals surface area contributed by atoms with E-state index in [2.05, 4.69) is 12.2 Å². The van der Waals surface area contributed by atoms with Crippen molar-refractivity contribution < 1.29 is 13.2 Å². The third-order valence-corrected chi connectivity index (χ3v) is 6.83. The highest BCUT2D eigenvalue weighted by molar-refractivity contribution is 7.92. The number of carbonyl (C=O) groups excluding carboxylic acids is 1. The molecule has 7 heteroatoms. The number of rotatable bonds is 7. The number of amides is 1. The topological polar surface area (TPSA) is 66.5 Å². The lowest BCUT2D eigenvalue weighted by Gasteiger charge is -2.20. The molecule has 156 valence electrons. The highest BCUT2D eigenvalue weighted by Crippen LogP contribution is 2.23. The zero-order chi connectivity index (χ0) is 21.7. The van der Waals surface area contributed by atoms with E-state index in [9.17, 15) is 13.2 Å². The molecule has 1 N–H and O–H groups in total. The normalized spacial score (nSPS) is 11.2. The fourth-order valence-electron chi connectivity index (χ4n) is 2.94. The van der Waals surface area contributed by atoms with Crippen LogP contribution in [-0.4, -0.2) is 21.4 Å². The van der Waals surface area contributed by atoms with Gasteiger partial charge in [0, 0.05) is 17.8 Å². The quantitative estimate of drug-likeness (QED) is 0.565. The van der Waals surface area contributed by atoms with E-state index >= 15 is 0 Å². The van der Waals surface area contributed by atoms with Gasteiger partial charge in [0.2, 0.25) is 5.91 Å². The second-order valence-electron chi connectivity index (χ2n) is 6.87. The van der Waals surface area contributed by atoms with Gasteiger partial charge in [0.25, 0.3) is 10.0 Å². The van der Waals surface area contributed by atoms with E-state index in [-0.39, 0.29) is 17.2 Å². The third-order valence-electron chi connectivity index (χ3n) is 4.78. The molecule has 5 nitrogen and oxygen atoms in total. The van der Waals surface area contributed by atoms with E-state index in [4.69, 9.17) is 11.6 Å². The monoisotopic (exact) mass is 442 g/mol. The molecule has 0 radical (unpaired) electrons. The number of carbonyl (C=O) groups is 1. The minimum atomic E-state index is -3.70. The number of anilines is 2. The van der Waals surface area contributed by atoms with Crippen LogP contribution in [0.1, 0.15) is 18.1 Å². The number of sulfonamides is 1. The summed E-state index contributed by atoms with van der Waals surface area (Å²) in [6.07, 6.45) is 1.15. The first-order valence-corrected chi connectivity index (χ1v) is 11.3. The van der Waals surface area contributed by atoms with Crippen molar-refractivity contribution >= 4 is 38.9 Å². The summed E-state index contributed by atoms with van der Waals surface area (Å²) in [4.78, 5) is 12.5. The molecule has 0 aliphatic carbocycles. The predicted molar refractivity (Wildman–Crippen MR) is 122 cm³/mol. The van der Waals surface area contributed by atoms with Gasteiger partial charge in [-0.25, -0.2) is 8.42 Å². The largest absolute Gasteiger partial charge is 0.326 e. The fourth-order valence-corrected chi connectivity index (χ4v) is 4.26. The smallest absolute Gasteiger partial charge is 0.264 e. The van der Waals surface area contributed by atoms with Gasteiger partial charge in [0.15, 0.2) is 0 Å².